The summed E-state index contributed by atoms with van der Waals surface area (Å²) >= 11 is 1.23. The third kappa shape index (κ3) is 3.68. The molecule has 10 heteroatoms. The molecule has 0 bridgehead atoms. The Morgan fingerprint density at radius 3 is 2.74 bits per heavy atom. The maximum atomic E-state index is 12.3. The Morgan fingerprint density at radius 2 is 2.07 bits per heavy atom. The van der Waals surface area contributed by atoms with Crippen molar-refractivity contribution in [2.75, 3.05) is 5.32 Å². The van der Waals surface area contributed by atoms with Crippen molar-refractivity contribution < 1.29 is 19.9 Å². The largest absolute Gasteiger partial charge is 0.504 e. The number of aromatic nitrogens is 1. The fraction of sp³-hybridized carbons (Fsp3) is 0. The van der Waals surface area contributed by atoms with Crippen molar-refractivity contribution in [1.29, 1.82) is 5.26 Å². The molecule has 0 fully saturated rings. The van der Waals surface area contributed by atoms with E-state index in [4.69, 9.17) is 0 Å². The summed E-state index contributed by atoms with van der Waals surface area (Å²) in [7, 11) is 0. The number of hydrogen-bond acceptors (Lipinski definition) is 8. The number of amides is 1. The lowest BCUT2D eigenvalue weighted by Gasteiger charge is -2.03. The number of phenols is 2. The number of fused-ring (bicyclic) bond motifs is 1. The van der Waals surface area contributed by atoms with Crippen molar-refractivity contribution >= 4 is 44.4 Å². The number of para-hydroxylation sites is 1. The molecule has 0 saturated carbocycles. The molecule has 0 atom stereocenters. The maximum absolute atomic E-state index is 12.3. The molecule has 1 heterocycles. The van der Waals surface area contributed by atoms with E-state index in [2.05, 4.69) is 10.3 Å². The molecule has 3 aromatic rings. The molecule has 1 aromatic heterocycles. The van der Waals surface area contributed by atoms with Crippen molar-refractivity contribution in [3.05, 3.63) is 57.6 Å². The molecule has 0 saturated heterocycles. The quantitative estimate of drug-likeness (QED) is 0.206. The molecule has 0 spiro atoms. The Balaban J connectivity index is 1.91. The van der Waals surface area contributed by atoms with Gasteiger partial charge in [-0.05, 0) is 29.8 Å². The first-order valence-electron chi connectivity index (χ1n) is 7.38. The number of nitro groups is 1. The number of aromatic hydroxyl groups is 2. The zero-order chi connectivity index (χ0) is 19.6. The van der Waals surface area contributed by atoms with E-state index in [0.29, 0.717) is 10.6 Å². The highest BCUT2D eigenvalue weighted by atomic mass is 32.1. The van der Waals surface area contributed by atoms with Gasteiger partial charge in [0.2, 0.25) is 5.75 Å². The van der Waals surface area contributed by atoms with E-state index in [0.717, 1.165) is 22.9 Å². The second-order valence-corrected chi connectivity index (χ2v) is 6.31. The third-order valence-corrected chi connectivity index (χ3v) is 4.43. The summed E-state index contributed by atoms with van der Waals surface area (Å²) in [6.45, 7) is 0. The molecule has 0 aliphatic heterocycles. The minimum atomic E-state index is -0.894. The number of nitro benzene ring substituents is 1. The molecule has 0 unspecified atom stereocenters. The summed E-state index contributed by atoms with van der Waals surface area (Å²) in [5, 5.41) is 42.0. The lowest BCUT2D eigenvalue weighted by molar-refractivity contribution is -0.386. The van der Waals surface area contributed by atoms with Gasteiger partial charge in [-0.15, -0.1) is 0 Å². The van der Waals surface area contributed by atoms with Crippen molar-refractivity contribution in [2.24, 2.45) is 0 Å². The Hall–Kier alpha value is -3.97. The summed E-state index contributed by atoms with van der Waals surface area (Å²) in [6, 6.07) is 10.9. The van der Waals surface area contributed by atoms with E-state index in [9.17, 15) is 30.4 Å². The van der Waals surface area contributed by atoms with Crippen LogP contribution in [0.4, 0.5) is 10.8 Å². The highest BCUT2D eigenvalue weighted by molar-refractivity contribution is 7.22. The minimum absolute atomic E-state index is 0.00741. The van der Waals surface area contributed by atoms with E-state index >= 15 is 0 Å². The monoisotopic (exact) mass is 382 g/mol. The fourth-order valence-corrected chi connectivity index (χ4v) is 3.11. The Morgan fingerprint density at radius 1 is 1.33 bits per heavy atom. The standard InChI is InChI=1S/C17H10N4O5S/c18-8-10(5-9-6-12(21(25)26)15(23)13(22)7-9)16(24)20-17-19-11-3-1-2-4-14(11)27-17/h1-7,22-23H,(H,19,20,24)/b10-5+. The molecule has 0 aliphatic rings. The summed E-state index contributed by atoms with van der Waals surface area (Å²) in [5.74, 6) is -2.39. The van der Waals surface area contributed by atoms with Gasteiger partial charge in [0.15, 0.2) is 10.9 Å². The second kappa shape index (κ2) is 7.11. The Bertz CT molecular complexity index is 1110. The Kier molecular flexibility index (Phi) is 4.69. The SMILES string of the molecule is N#C/C(=C\c1cc(O)c(O)c([N+](=O)[O-])c1)C(=O)Nc1nc2ccccc2s1. The molecule has 27 heavy (non-hydrogen) atoms. The van der Waals surface area contributed by atoms with Gasteiger partial charge in [-0.3, -0.25) is 20.2 Å². The number of rotatable bonds is 4. The molecule has 2 aromatic carbocycles. The van der Waals surface area contributed by atoms with Crippen LogP contribution in [-0.4, -0.2) is 26.0 Å². The first-order chi connectivity index (χ1) is 12.9. The number of nitrogens with one attached hydrogen (secondary N) is 1. The summed E-state index contributed by atoms with van der Waals surface area (Å²) in [5.41, 5.74) is -0.397. The van der Waals surface area contributed by atoms with Gasteiger partial charge in [0.05, 0.1) is 15.1 Å². The number of carbonyl (C=O) groups is 1. The number of hydrogen-bond donors (Lipinski definition) is 3. The Labute approximate surface area is 155 Å². The number of phenolic OH excluding ortho intramolecular Hbond substituents is 2. The predicted octanol–water partition coefficient (Wildman–Crippen LogP) is 3.16. The number of nitriles is 1. The highest BCUT2D eigenvalue weighted by Gasteiger charge is 2.19. The lowest BCUT2D eigenvalue weighted by atomic mass is 10.1. The number of nitrogens with zero attached hydrogens (tertiary/aromatic N) is 3. The van der Waals surface area contributed by atoms with Gasteiger partial charge < -0.3 is 10.2 Å². The van der Waals surface area contributed by atoms with Crippen LogP contribution in [-0.2, 0) is 4.79 Å². The average Bonchev–Trinajstić information content (AvgIpc) is 3.04. The number of carbonyl (C=O) groups excluding carboxylic acids is 1. The smallest absolute Gasteiger partial charge is 0.315 e. The van der Waals surface area contributed by atoms with Crippen molar-refractivity contribution in [3.8, 4) is 17.6 Å². The van der Waals surface area contributed by atoms with Gasteiger partial charge in [0.25, 0.3) is 5.91 Å². The van der Waals surface area contributed by atoms with Gasteiger partial charge in [-0.2, -0.15) is 5.26 Å². The van der Waals surface area contributed by atoms with E-state index in [1.54, 1.807) is 18.2 Å². The van der Waals surface area contributed by atoms with Crippen LogP contribution in [0.25, 0.3) is 16.3 Å². The normalized spacial score (nSPS) is 11.1. The molecule has 0 aliphatic carbocycles. The minimum Gasteiger partial charge on any atom is -0.504 e. The van der Waals surface area contributed by atoms with Gasteiger partial charge in [0.1, 0.15) is 11.6 Å². The zero-order valence-corrected chi connectivity index (χ0v) is 14.2. The maximum Gasteiger partial charge on any atom is 0.315 e. The van der Waals surface area contributed by atoms with Crippen LogP contribution in [0.15, 0.2) is 42.0 Å². The van der Waals surface area contributed by atoms with Crippen molar-refractivity contribution in [1.82, 2.24) is 4.98 Å². The van der Waals surface area contributed by atoms with Crippen LogP contribution in [0.2, 0.25) is 0 Å². The van der Waals surface area contributed by atoms with Crippen LogP contribution in [0.1, 0.15) is 5.56 Å². The summed E-state index contributed by atoms with van der Waals surface area (Å²) < 4.78 is 0.856. The summed E-state index contributed by atoms with van der Waals surface area (Å²) in [6.07, 6.45) is 1.06. The van der Waals surface area contributed by atoms with Crippen LogP contribution in [0, 0.1) is 21.4 Å². The molecule has 9 nitrogen and oxygen atoms in total. The van der Waals surface area contributed by atoms with Crippen LogP contribution >= 0.6 is 11.3 Å². The zero-order valence-electron chi connectivity index (χ0n) is 13.4. The topological polar surface area (TPSA) is 149 Å². The van der Waals surface area contributed by atoms with E-state index in [1.165, 1.54) is 11.3 Å². The molecule has 0 radical (unpaired) electrons. The molecule has 3 N–H and O–H groups in total. The third-order valence-electron chi connectivity index (χ3n) is 3.48. The van der Waals surface area contributed by atoms with E-state index in [-0.39, 0.29) is 11.1 Å². The second-order valence-electron chi connectivity index (χ2n) is 5.28. The van der Waals surface area contributed by atoms with Crippen LogP contribution < -0.4 is 5.32 Å². The number of anilines is 1. The first-order valence-corrected chi connectivity index (χ1v) is 8.20. The summed E-state index contributed by atoms with van der Waals surface area (Å²) in [4.78, 5) is 26.6. The van der Waals surface area contributed by atoms with E-state index in [1.807, 2.05) is 12.1 Å². The van der Waals surface area contributed by atoms with Crippen LogP contribution in [0.5, 0.6) is 11.5 Å². The van der Waals surface area contributed by atoms with Gasteiger partial charge in [0, 0.05) is 6.07 Å². The van der Waals surface area contributed by atoms with Gasteiger partial charge in [-0.1, -0.05) is 23.5 Å². The van der Waals surface area contributed by atoms with Crippen molar-refractivity contribution in [3.63, 3.8) is 0 Å². The molecule has 134 valence electrons. The predicted molar refractivity (Wildman–Crippen MR) is 98.3 cm³/mol. The molecule has 3 rings (SSSR count). The number of thiazole rings is 1. The lowest BCUT2D eigenvalue weighted by Crippen LogP contribution is -2.13. The fourth-order valence-electron chi connectivity index (χ4n) is 2.25. The molecule has 1 amide bonds. The van der Waals surface area contributed by atoms with Crippen molar-refractivity contribution in [2.45, 2.75) is 0 Å². The van der Waals surface area contributed by atoms with E-state index < -0.39 is 28.0 Å². The number of benzene rings is 2. The van der Waals surface area contributed by atoms with Gasteiger partial charge >= 0.3 is 5.69 Å². The molecular weight excluding hydrogens is 372 g/mol. The average molecular weight is 382 g/mol. The molecular formula is C17H10N4O5S. The van der Waals surface area contributed by atoms with Crippen LogP contribution in [0.3, 0.4) is 0 Å². The van der Waals surface area contributed by atoms with Gasteiger partial charge in [-0.25, -0.2) is 4.98 Å². The highest BCUT2D eigenvalue weighted by Crippen LogP contribution is 2.36. The first kappa shape index (κ1) is 17.8.